The maximum atomic E-state index is 12.2. The molecular formula is C11H9F3N4. The molecule has 0 radical (unpaired) electrons. The molecule has 0 amide bonds. The Bertz CT molecular complexity index is 496. The number of rotatable bonds is 3. The van der Waals surface area contributed by atoms with Gasteiger partial charge in [-0.05, 0) is 29.8 Å². The van der Waals surface area contributed by atoms with E-state index in [2.05, 4.69) is 20.5 Å². The largest absolute Gasteiger partial charge is 0.435 e. The molecule has 0 bridgehead atoms. The molecule has 0 fully saturated rings. The van der Waals surface area contributed by atoms with Crippen LogP contribution in [0, 0.1) is 0 Å². The van der Waals surface area contributed by atoms with E-state index in [1.807, 2.05) is 0 Å². The molecule has 7 heteroatoms. The number of nitrogens with zero attached hydrogens (tertiary/aromatic N) is 3. The number of nitrogens with one attached hydrogen (secondary N) is 1. The molecule has 0 aliphatic rings. The van der Waals surface area contributed by atoms with Crippen LogP contribution >= 0.6 is 0 Å². The minimum atomic E-state index is -4.46. The number of pyridine rings is 1. The molecule has 0 saturated heterocycles. The lowest BCUT2D eigenvalue weighted by atomic mass is 10.3. The van der Waals surface area contributed by atoms with E-state index in [-0.39, 0.29) is 0 Å². The Hall–Kier alpha value is -2.18. The summed E-state index contributed by atoms with van der Waals surface area (Å²) in [6, 6.07) is 5.73. The lowest BCUT2D eigenvalue weighted by Crippen LogP contribution is -2.10. The van der Waals surface area contributed by atoms with Crippen LogP contribution in [0.2, 0.25) is 0 Å². The first-order valence-electron chi connectivity index (χ1n) is 5.09. The van der Waals surface area contributed by atoms with E-state index in [9.17, 15) is 13.2 Å². The molecule has 0 atom stereocenters. The summed E-state index contributed by atoms with van der Waals surface area (Å²) in [4.78, 5) is 3.86. The van der Waals surface area contributed by atoms with Crippen molar-refractivity contribution in [2.24, 2.45) is 0 Å². The van der Waals surface area contributed by atoms with Crippen molar-refractivity contribution < 1.29 is 13.2 Å². The molecule has 2 rings (SSSR count). The second-order valence-electron chi connectivity index (χ2n) is 3.51. The fraction of sp³-hybridized carbons (Fsp3) is 0.182. The van der Waals surface area contributed by atoms with Gasteiger partial charge in [-0.1, -0.05) is 0 Å². The topological polar surface area (TPSA) is 50.7 Å². The minimum Gasteiger partial charge on any atom is -0.365 e. The number of alkyl halides is 3. The highest BCUT2D eigenvalue weighted by atomic mass is 19.4. The van der Waals surface area contributed by atoms with E-state index in [0.717, 1.165) is 11.6 Å². The molecule has 4 nitrogen and oxygen atoms in total. The minimum absolute atomic E-state index is 0.291. The number of halogens is 3. The van der Waals surface area contributed by atoms with Gasteiger partial charge < -0.3 is 5.32 Å². The van der Waals surface area contributed by atoms with Gasteiger partial charge in [-0.3, -0.25) is 4.98 Å². The summed E-state index contributed by atoms with van der Waals surface area (Å²) < 4.78 is 36.7. The number of hydrogen-bond acceptors (Lipinski definition) is 4. The van der Waals surface area contributed by atoms with E-state index in [1.165, 1.54) is 6.07 Å². The summed E-state index contributed by atoms with van der Waals surface area (Å²) in [5.74, 6) is 0.291. The Kier molecular flexibility index (Phi) is 3.40. The van der Waals surface area contributed by atoms with Crippen molar-refractivity contribution in [3.8, 4) is 0 Å². The highest BCUT2D eigenvalue weighted by Gasteiger charge is 2.32. The average Bonchev–Trinajstić information content (AvgIpc) is 2.37. The van der Waals surface area contributed by atoms with Gasteiger partial charge in [0.2, 0.25) is 0 Å². The molecule has 18 heavy (non-hydrogen) atoms. The third-order valence-corrected chi connectivity index (χ3v) is 2.18. The van der Waals surface area contributed by atoms with Gasteiger partial charge in [0.05, 0.1) is 0 Å². The van der Waals surface area contributed by atoms with E-state index in [0.29, 0.717) is 12.4 Å². The summed E-state index contributed by atoms with van der Waals surface area (Å²) in [6.07, 6.45) is -1.19. The number of hydrogen-bond donors (Lipinski definition) is 1. The summed E-state index contributed by atoms with van der Waals surface area (Å²) in [5, 5.41) is 9.45. The second kappa shape index (κ2) is 4.99. The van der Waals surface area contributed by atoms with Crippen LogP contribution < -0.4 is 5.32 Å². The summed E-state index contributed by atoms with van der Waals surface area (Å²) >= 11 is 0. The Morgan fingerprint density at radius 3 is 2.28 bits per heavy atom. The zero-order valence-corrected chi connectivity index (χ0v) is 9.15. The first-order valence-corrected chi connectivity index (χ1v) is 5.09. The van der Waals surface area contributed by atoms with E-state index in [4.69, 9.17) is 0 Å². The van der Waals surface area contributed by atoms with Gasteiger partial charge in [0.1, 0.15) is 5.82 Å². The van der Waals surface area contributed by atoms with Crippen molar-refractivity contribution in [1.29, 1.82) is 0 Å². The summed E-state index contributed by atoms with van der Waals surface area (Å²) in [6.45, 7) is 0.447. The molecule has 0 aromatic carbocycles. The van der Waals surface area contributed by atoms with Gasteiger partial charge in [0.15, 0.2) is 5.69 Å². The monoisotopic (exact) mass is 254 g/mol. The highest BCUT2D eigenvalue weighted by Crippen LogP contribution is 2.27. The van der Waals surface area contributed by atoms with Gasteiger partial charge in [-0.25, -0.2) is 0 Å². The molecule has 94 valence electrons. The van der Waals surface area contributed by atoms with Crippen LogP contribution in [0.4, 0.5) is 19.0 Å². The molecule has 0 saturated carbocycles. The van der Waals surface area contributed by atoms with Gasteiger partial charge in [0, 0.05) is 18.9 Å². The molecule has 2 aromatic heterocycles. The molecule has 2 aromatic rings. The Balaban J connectivity index is 1.99. The van der Waals surface area contributed by atoms with E-state index >= 15 is 0 Å². The van der Waals surface area contributed by atoms with Crippen LogP contribution in [0.25, 0.3) is 0 Å². The maximum Gasteiger partial charge on any atom is 0.435 e. The smallest absolute Gasteiger partial charge is 0.365 e. The lowest BCUT2D eigenvalue weighted by Gasteiger charge is -2.07. The molecule has 2 heterocycles. The van der Waals surface area contributed by atoms with Crippen LogP contribution in [-0.4, -0.2) is 15.2 Å². The average molecular weight is 254 g/mol. The van der Waals surface area contributed by atoms with Crippen molar-refractivity contribution in [3.63, 3.8) is 0 Å². The Labute approximate surface area is 101 Å². The summed E-state index contributed by atoms with van der Waals surface area (Å²) in [7, 11) is 0. The van der Waals surface area contributed by atoms with E-state index in [1.54, 1.807) is 24.5 Å². The Morgan fingerprint density at radius 2 is 1.72 bits per heavy atom. The lowest BCUT2D eigenvalue weighted by molar-refractivity contribution is -0.141. The third kappa shape index (κ3) is 3.16. The van der Waals surface area contributed by atoms with Gasteiger partial charge in [0.25, 0.3) is 0 Å². The van der Waals surface area contributed by atoms with Gasteiger partial charge >= 0.3 is 6.18 Å². The predicted molar refractivity (Wildman–Crippen MR) is 58.6 cm³/mol. The molecule has 0 spiro atoms. The van der Waals surface area contributed by atoms with Crippen molar-refractivity contribution >= 4 is 5.82 Å². The van der Waals surface area contributed by atoms with Gasteiger partial charge in [-0.2, -0.15) is 13.2 Å². The standard InChI is InChI=1S/C11H9F3N4/c12-11(13,14)9-1-2-10(18-17-9)16-7-8-3-5-15-6-4-8/h1-6H,7H2,(H,16,18). The molecule has 1 N–H and O–H groups in total. The first-order chi connectivity index (χ1) is 8.55. The van der Waals surface area contributed by atoms with Crippen LogP contribution in [0.1, 0.15) is 11.3 Å². The number of anilines is 1. The van der Waals surface area contributed by atoms with Gasteiger partial charge in [-0.15, -0.1) is 10.2 Å². The predicted octanol–water partition coefficient (Wildman–Crippen LogP) is 2.50. The van der Waals surface area contributed by atoms with Crippen LogP contribution in [0.3, 0.4) is 0 Å². The molecular weight excluding hydrogens is 245 g/mol. The fourth-order valence-electron chi connectivity index (χ4n) is 1.27. The van der Waals surface area contributed by atoms with Crippen LogP contribution in [0.15, 0.2) is 36.7 Å². The molecule has 0 unspecified atom stereocenters. The highest BCUT2D eigenvalue weighted by molar-refractivity contribution is 5.34. The van der Waals surface area contributed by atoms with Crippen molar-refractivity contribution in [2.45, 2.75) is 12.7 Å². The zero-order valence-electron chi connectivity index (χ0n) is 9.15. The molecule has 0 aliphatic carbocycles. The zero-order chi connectivity index (χ0) is 13.0. The normalized spacial score (nSPS) is 11.3. The third-order valence-electron chi connectivity index (χ3n) is 2.18. The SMILES string of the molecule is FC(F)(F)c1ccc(NCc2ccncc2)nn1. The van der Waals surface area contributed by atoms with Crippen LogP contribution in [-0.2, 0) is 12.7 Å². The second-order valence-corrected chi connectivity index (χ2v) is 3.51. The first kappa shape index (κ1) is 12.3. The van der Waals surface area contributed by atoms with Crippen molar-refractivity contribution in [2.75, 3.05) is 5.32 Å². The number of aromatic nitrogens is 3. The van der Waals surface area contributed by atoms with Crippen molar-refractivity contribution in [3.05, 3.63) is 47.9 Å². The quantitative estimate of drug-likeness (QED) is 0.914. The summed E-state index contributed by atoms with van der Waals surface area (Å²) in [5.41, 5.74) is -0.0522. The van der Waals surface area contributed by atoms with Crippen LogP contribution in [0.5, 0.6) is 0 Å². The maximum absolute atomic E-state index is 12.2. The Morgan fingerprint density at radius 1 is 1.00 bits per heavy atom. The van der Waals surface area contributed by atoms with Crippen molar-refractivity contribution in [1.82, 2.24) is 15.2 Å². The fourth-order valence-corrected chi connectivity index (χ4v) is 1.27. The molecule has 0 aliphatic heterocycles. The van der Waals surface area contributed by atoms with E-state index < -0.39 is 11.9 Å².